The molecule has 1 fully saturated rings. The average Bonchev–Trinajstić information content (AvgIpc) is 2.55. The van der Waals surface area contributed by atoms with Crippen LogP contribution in [0.25, 0.3) is 0 Å². The summed E-state index contributed by atoms with van der Waals surface area (Å²) in [4.78, 5) is 2.69. The van der Waals surface area contributed by atoms with Crippen LogP contribution < -0.4 is 0 Å². The van der Waals surface area contributed by atoms with Crippen molar-refractivity contribution >= 4 is 15.9 Å². The largest absolute Gasteiger partial charge is 0.298 e. The van der Waals surface area contributed by atoms with Gasteiger partial charge in [-0.3, -0.25) is 4.90 Å². The molecule has 18 heavy (non-hydrogen) atoms. The molecule has 0 aromatic heterocycles. The van der Waals surface area contributed by atoms with Gasteiger partial charge in [0.1, 0.15) is 0 Å². The zero-order valence-corrected chi connectivity index (χ0v) is 12.6. The number of hydrogen-bond acceptors (Lipinski definition) is 1. The van der Waals surface area contributed by atoms with Crippen LogP contribution in [0.1, 0.15) is 36.8 Å². The van der Waals surface area contributed by atoms with Crippen LogP contribution in [0.5, 0.6) is 0 Å². The van der Waals surface area contributed by atoms with Gasteiger partial charge in [0.2, 0.25) is 0 Å². The zero-order valence-electron chi connectivity index (χ0n) is 11.0. The van der Waals surface area contributed by atoms with Crippen molar-refractivity contribution in [1.29, 1.82) is 0 Å². The van der Waals surface area contributed by atoms with Gasteiger partial charge >= 0.3 is 0 Å². The average molecular weight is 308 g/mol. The molecule has 0 saturated heterocycles. The lowest BCUT2D eigenvalue weighted by Crippen LogP contribution is -2.43. The van der Waals surface area contributed by atoms with E-state index in [1.54, 1.807) is 11.1 Å². The number of aryl methyl sites for hydroxylation is 1. The molecule has 98 valence electrons. The second-order valence-electron chi connectivity index (χ2n) is 6.07. The van der Waals surface area contributed by atoms with Gasteiger partial charge in [0, 0.05) is 18.4 Å². The van der Waals surface area contributed by atoms with Gasteiger partial charge in [0.15, 0.2) is 0 Å². The van der Waals surface area contributed by atoms with E-state index in [1.807, 2.05) is 0 Å². The molecule has 0 bridgehead atoms. The predicted molar refractivity (Wildman–Crippen MR) is 80.1 cm³/mol. The summed E-state index contributed by atoms with van der Waals surface area (Å²) >= 11 is 3.73. The number of benzene rings is 1. The van der Waals surface area contributed by atoms with Crippen molar-refractivity contribution in [3.8, 4) is 0 Å². The number of nitrogens with zero attached hydrogens (tertiary/aromatic N) is 1. The summed E-state index contributed by atoms with van der Waals surface area (Å²) in [5.41, 5.74) is 3.71. The predicted octanol–water partition coefficient (Wildman–Crippen LogP) is 4.00. The van der Waals surface area contributed by atoms with Crippen LogP contribution in [0.2, 0.25) is 0 Å². The lowest BCUT2D eigenvalue weighted by Gasteiger charge is -2.44. The summed E-state index contributed by atoms with van der Waals surface area (Å²) < 4.78 is 0. The highest BCUT2D eigenvalue weighted by molar-refractivity contribution is 9.09. The van der Waals surface area contributed by atoms with Crippen LogP contribution in [-0.2, 0) is 13.0 Å². The molecule has 1 heterocycles. The third-order valence-electron chi connectivity index (χ3n) is 4.69. The van der Waals surface area contributed by atoms with Crippen molar-refractivity contribution in [2.75, 3.05) is 18.4 Å². The third kappa shape index (κ3) is 2.50. The van der Waals surface area contributed by atoms with Gasteiger partial charge in [-0.05, 0) is 48.8 Å². The SMILES string of the molecule is BrCC1(CN2CCCc3ccccc3C2)CCC1. The molecule has 1 aliphatic heterocycles. The first-order chi connectivity index (χ1) is 8.81. The van der Waals surface area contributed by atoms with Crippen molar-refractivity contribution in [3.63, 3.8) is 0 Å². The highest BCUT2D eigenvalue weighted by atomic mass is 79.9. The van der Waals surface area contributed by atoms with Crippen molar-refractivity contribution in [1.82, 2.24) is 4.90 Å². The van der Waals surface area contributed by atoms with Crippen LogP contribution in [0, 0.1) is 5.41 Å². The second-order valence-corrected chi connectivity index (χ2v) is 6.63. The maximum absolute atomic E-state index is 3.73. The smallest absolute Gasteiger partial charge is 0.0236 e. The Morgan fingerprint density at radius 3 is 2.56 bits per heavy atom. The number of rotatable bonds is 3. The monoisotopic (exact) mass is 307 g/mol. The molecule has 3 rings (SSSR count). The molecule has 1 aliphatic carbocycles. The van der Waals surface area contributed by atoms with Gasteiger partial charge in [0.25, 0.3) is 0 Å². The fourth-order valence-corrected chi connectivity index (χ4v) is 4.13. The van der Waals surface area contributed by atoms with Crippen LogP contribution in [0.15, 0.2) is 24.3 Å². The minimum Gasteiger partial charge on any atom is -0.298 e. The summed E-state index contributed by atoms with van der Waals surface area (Å²) in [5, 5.41) is 1.18. The Kier molecular flexibility index (Phi) is 3.76. The van der Waals surface area contributed by atoms with Gasteiger partial charge < -0.3 is 0 Å². The van der Waals surface area contributed by atoms with E-state index in [-0.39, 0.29) is 0 Å². The molecular formula is C16H22BrN. The molecule has 1 nitrogen and oxygen atoms in total. The minimum atomic E-state index is 0.583. The number of hydrogen-bond donors (Lipinski definition) is 0. The maximum Gasteiger partial charge on any atom is 0.0236 e. The van der Waals surface area contributed by atoms with Crippen LogP contribution in [0.4, 0.5) is 0 Å². The van der Waals surface area contributed by atoms with E-state index >= 15 is 0 Å². The minimum absolute atomic E-state index is 0.583. The maximum atomic E-state index is 3.73. The van der Waals surface area contributed by atoms with Crippen molar-refractivity contribution in [3.05, 3.63) is 35.4 Å². The lowest BCUT2D eigenvalue weighted by atomic mass is 9.70. The summed E-state index contributed by atoms with van der Waals surface area (Å²) in [5.74, 6) is 0. The Morgan fingerprint density at radius 2 is 1.89 bits per heavy atom. The Balaban J connectivity index is 1.71. The first kappa shape index (κ1) is 12.7. The molecule has 1 saturated carbocycles. The van der Waals surface area contributed by atoms with Gasteiger partial charge in [-0.25, -0.2) is 0 Å². The third-order valence-corrected chi connectivity index (χ3v) is 5.88. The molecule has 0 N–H and O–H groups in total. The van der Waals surface area contributed by atoms with Crippen LogP contribution in [-0.4, -0.2) is 23.3 Å². The summed E-state index contributed by atoms with van der Waals surface area (Å²) in [6.45, 7) is 3.71. The first-order valence-electron chi connectivity index (χ1n) is 7.16. The van der Waals surface area contributed by atoms with Crippen molar-refractivity contribution in [2.45, 2.75) is 38.6 Å². The second kappa shape index (κ2) is 5.34. The molecule has 0 unspecified atom stereocenters. The van der Waals surface area contributed by atoms with Crippen LogP contribution in [0.3, 0.4) is 0 Å². The molecule has 2 aliphatic rings. The molecule has 0 radical (unpaired) electrons. The normalized spacial score (nSPS) is 22.9. The Labute approximate surface area is 119 Å². The lowest BCUT2D eigenvalue weighted by molar-refractivity contribution is 0.0877. The Morgan fingerprint density at radius 1 is 1.11 bits per heavy atom. The standard InChI is InChI=1S/C16H22BrN/c17-12-16(8-4-9-16)13-18-10-3-7-14-5-1-2-6-15(14)11-18/h1-2,5-6H,3-4,7-13H2. The molecule has 1 aromatic rings. The van der Waals surface area contributed by atoms with Crippen molar-refractivity contribution in [2.24, 2.45) is 5.41 Å². The molecule has 0 amide bonds. The summed E-state index contributed by atoms with van der Waals surface area (Å²) in [6, 6.07) is 8.99. The highest BCUT2D eigenvalue weighted by Gasteiger charge is 2.37. The molecule has 2 heteroatoms. The Bertz CT molecular complexity index is 406. The van der Waals surface area contributed by atoms with E-state index in [9.17, 15) is 0 Å². The van der Waals surface area contributed by atoms with E-state index in [0.29, 0.717) is 5.41 Å². The topological polar surface area (TPSA) is 3.24 Å². The van der Waals surface area contributed by atoms with Gasteiger partial charge in [-0.1, -0.05) is 46.6 Å². The molecular weight excluding hydrogens is 286 g/mol. The van der Waals surface area contributed by atoms with E-state index < -0.39 is 0 Å². The van der Waals surface area contributed by atoms with E-state index in [0.717, 1.165) is 6.54 Å². The van der Waals surface area contributed by atoms with Gasteiger partial charge in [0.05, 0.1) is 0 Å². The number of alkyl halides is 1. The van der Waals surface area contributed by atoms with E-state index in [2.05, 4.69) is 45.1 Å². The van der Waals surface area contributed by atoms with Crippen LogP contribution >= 0.6 is 15.9 Å². The molecule has 1 aromatic carbocycles. The number of halogens is 1. The van der Waals surface area contributed by atoms with Gasteiger partial charge in [-0.2, -0.15) is 0 Å². The van der Waals surface area contributed by atoms with Gasteiger partial charge in [-0.15, -0.1) is 0 Å². The summed E-state index contributed by atoms with van der Waals surface area (Å²) in [6.07, 6.45) is 6.83. The van der Waals surface area contributed by atoms with Crippen molar-refractivity contribution < 1.29 is 0 Å². The first-order valence-corrected chi connectivity index (χ1v) is 8.29. The Hall–Kier alpha value is -0.340. The molecule has 0 spiro atoms. The highest BCUT2D eigenvalue weighted by Crippen LogP contribution is 2.43. The van der Waals surface area contributed by atoms with E-state index in [1.165, 1.54) is 50.5 Å². The quantitative estimate of drug-likeness (QED) is 0.763. The molecule has 0 atom stereocenters. The number of fused-ring (bicyclic) bond motifs is 1. The fraction of sp³-hybridized carbons (Fsp3) is 0.625. The fourth-order valence-electron chi connectivity index (χ4n) is 3.39. The zero-order chi connectivity index (χ0) is 12.4. The van der Waals surface area contributed by atoms with E-state index in [4.69, 9.17) is 0 Å². The summed E-state index contributed by atoms with van der Waals surface area (Å²) in [7, 11) is 0.